The van der Waals surface area contributed by atoms with Crippen molar-refractivity contribution in [3.05, 3.63) is 28.8 Å². The molecule has 66 valence electrons. The van der Waals surface area contributed by atoms with Crippen molar-refractivity contribution in [2.24, 2.45) is 0 Å². The summed E-state index contributed by atoms with van der Waals surface area (Å²) in [5, 5.41) is 0. The quantitative estimate of drug-likeness (QED) is 0.683. The van der Waals surface area contributed by atoms with E-state index < -0.39 is 0 Å². The summed E-state index contributed by atoms with van der Waals surface area (Å²) < 4.78 is 1.10. The lowest BCUT2D eigenvalue weighted by Gasteiger charge is -1.92. The molecule has 2 nitrogen and oxygen atoms in total. The number of pyridine rings is 1. The molecule has 0 unspecified atom stereocenters. The van der Waals surface area contributed by atoms with E-state index in [4.69, 9.17) is 0 Å². The molecule has 0 saturated heterocycles. The van der Waals surface area contributed by atoms with Crippen molar-refractivity contribution < 1.29 is 4.79 Å². The number of hydrogen-bond donors (Lipinski definition) is 0. The average molecular weight is 191 g/mol. The largest absolute Gasteiger partial charge is 0.297 e. The van der Waals surface area contributed by atoms with E-state index in [0.29, 0.717) is 0 Å². The minimum Gasteiger partial charge on any atom is -0.297 e. The van der Waals surface area contributed by atoms with Crippen LogP contribution in [0.3, 0.4) is 0 Å². The highest BCUT2D eigenvalue weighted by Gasteiger charge is 2.09. The van der Waals surface area contributed by atoms with Crippen LogP contribution in [-0.4, -0.2) is 11.3 Å². The number of thiophene rings is 1. The van der Waals surface area contributed by atoms with Crippen LogP contribution in [0.4, 0.5) is 0 Å². The van der Waals surface area contributed by atoms with Crippen LogP contribution in [0, 0.1) is 0 Å². The van der Waals surface area contributed by atoms with Gasteiger partial charge in [0.2, 0.25) is 0 Å². The molecule has 0 saturated carbocycles. The minimum atomic E-state index is 0.816. The summed E-state index contributed by atoms with van der Waals surface area (Å²) in [6, 6.07) is 3.89. The van der Waals surface area contributed by atoms with Crippen LogP contribution >= 0.6 is 11.3 Å². The van der Waals surface area contributed by atoms with Gasteiger partial charge in [-0.2, -0.15) is 0 Å². The minimum absolute atomic E-state index is 0.816. The number of aryl methyl sites for hydroxylation is 1. The zero-order valence-electron chi connectivity index (χ0n) is 7.28. The normalized spacial score (nSPS) is 10.5. The van der Waals surface area contributed by atoms with Gasteiger partial charge < -0.3 is 0 Å². The van der Waals surface area contributed by atoms with Crippen LogP contribution in [0.1, 0.15) is 22.2 Å². The van der Waals surface area contributed by atoms with Gasteiger partial charge in [-0.1, -0.05) is 6.92 Å². The molecular weight excluding hydrogens is 182 g/mol. The average Bonchev–Trinajstić information content (AvgIpc) is 2.55. The van der Waals surface area contributed by atoms with E-state index in [1.54, 1.807) is 6.20 Å². The Kier molecular flexibility index (Phi) is 2.10. The summed E-state index contributed by atoms with van der Waals surface area (Å²) in [5.74, 6) is 0. The molecule has 2 rings (SSSR count). The second kappa shape index (κ2) is 3.26. The molecule has 0 amide bonds. The van der Waals surface area contributed by atoms with Gasteiger partial charge in [-0.05, 0) is 24.1 Å². The fraction of sp³-hybridized carbons (Fsp3) is 0.200. The molecule has 0 aliphatic carbocycles. The standard InChI is InChI=1S/C10H9NOS/c1-2-7-9(6-12)13-8-4-3-5-11-10(7)8/h3-6H,2H2,1H3. The highest BCUT2D eigenvalue weighted by Crippen LogP contribution is 2.28. The van der Waals surface area contributed by atoms with Gasteiger partial charge in [-0.25, -0.2) is 0 Å². The molecule has 3 heteroatoms. The fourth-order valence-electron chi connectivity index (χ4n) is 1.43. The Bertz CT molecular complexity index is 447. The molecule has 2 aromatic rings. The lowest BCUT2D eigenvalue weighted by atomic mass is 10.2. The number of carbonyl (C=O) groups is 1. The van der Waals surface area contributed by atoms with Crippen molar-refractivity contribution in [2.45, 2.75) is 13.3 Å². The van der Waals surface area contributed by atoms with Crippen LogP contribution in [0.5, 0.6) is 0 Å². The number of rotatable bonds is 2. The van der Waals surface area contributed by atoms with Crippen LogP contribution < -0.4 is 0 Å². The molecule has 13 heavy (non-hydrogen) atoms. The lowest BCUT2D eigenvalue weighted by Crippen LogP contribution is -1.84. The summed E-state index contributed by atoms with van der Waals surface area (Å²) >= 11 is 1.52. The van der Waals surface area contributed by atoms with Crippen molar-refractivity contribution in [2.75, 3.05) is 0 Å². The van der Waals surface area contributed by atoms with E-state index in [-0.39, 0.29) is 0 Å². The van der Waals surface area contributed by atoms with Gasteiger partial charge >= 0.3 is 0 Å². The summed E-state index contributed by atoms with van der Waals surface area (Å²) in [6.45, 7) is 2.04. The molecular formula is C10H9NOS. The Morgan fingerprint density at radius 2 is 2.46 bits per heavy atom. The van der Waals surface area contributed by atoms with Crippen molar-refractivity contribution in [1.29, 1.82) is 0 Å². The van der Waals surface area contributed by atoms with Crippen LogP contribution in [0.25, 0.3) is 10.2 Å². The monoisotopic (exact) mass is 191 g/mol. The molecule has 0 aliphatic rings. The van der Waals surface area contributed by atoms with Crippen LogP contribution in [0.2, 0.25) is 0 Å². The first-order valence-electron chi connectivity index (χ1n) is 4.18. The van der Waals surface area contributed by atoms with Gasteiger partial charge in [0, 0.05) is 6.20 Å². The summed E-state index contributed by atoms with van der Waals surface area (Å²) in [6.07, 6.45) is 3.55. The smallest absolute Gasteiger partial charge is 0.160 e. The second-order valence-electron chi connectivity index (χ2n) is 2.77. The van der Waals surface area contributed by atoms with Gasteiger partial charge in [-0.15, -0.1) is 11.3 Å². The number of hydrogen-bond acceptors (Lipinski definition) is 3. The van der Waals surface area contributed by atoms with Gasteiger partial charge in [0.15, 0.2) is 6.29 Å². The maximum absolute atomic E-state index is 10.7. The SMILES string of the molecule is CCc1c(C=O)sc2cccnc12. The van der Waals surface area contributed by atoms with Crippen molar-refractivity contribution in [1.82, 2.24) is 4.98 Å². The van der Waals surface area contributed by atoms with Gasteiger partial charge in [-0.3, -0.25) is 9.78 Å². The number of aromatic nitrogens is 1. The molecule has 0 radical (unpaired) electrons. The van der Waals surface area contributed by atoms with E-state index >= 15 is 0 Å². The maximum Gasteiger partial charge on any atom is 0.160 e. The predicted molar refractivity (Wildman–Crippen MR) is 54.4 cm³/mol. The molecule has 0 spiro atoms. The molecule has 0 fully saturated rings. The molecule has 0 aromatic carbocycles. The lowest BCUT2D eigenvalue weighted by molar-refractivity contribution is 0.112. The molecule has 0 bridgehead atoms. The number of nitrogens with zero attached hydrogens (tertiary/aromatic N) is 1. The van der Waals surface area contributed by atoms with Gasteiger partial charge in [0.05, 0.1) is 15.1 Å². The third-order valence-corrected chi connectivity index (χ3v) is 3.15. The Labute approximate surface area is 80.2 Å². The van der Waals surface area contributed by atoms with E-state index in [1.807, 2.05) is 19.1 Å². The molecule has 2 aromatic heterocycles. The van der Waals surface area contributed by atoms with E-state index in [0.717, 1.165) is 33.4 Å². The fourth-order valence-corrected chi connectivity index (χ4v) is 2.50. The summed E-state index contributed by atoms with van der Waals surface area (Å²) in [5.41, 5.74) is 2.06. The Morgan fingerprint density at radius 3 is 3.15 bits per heavy atom. The van der Waals surface area contributed by atoms with E-state index in [1.165, 1.54) is 11.3 Å². The first-order chi connectivity index (χ1) is 6.36. The Morgan fingerprint density at radius 1 is 1.62 bits per heavy atom. The number of aldehydes is 1. The van der Waals surface area contributed by atoms with Gasteiger partial charge in [0.25, 0.3) is 0 Å². The third-order valence-electron chi connectivity index (χ3n) is 2.03. The van der Waals surface area contributed by atoms with Crippen molar-refractivity contribution in [3.63, 3.8) is 0 Å². The first-order valence-corrected chi connectivity index (χ1v) is 5.00. The van der Waals surface area contributed by atoms with E-state index in [2.05, 4.69) is 4.98 Å². The number of fused-ring (bicyclic) bond motifs is 1. The zero-order chi connectivity index (χ0) is 9.26. The number of carbonyl (C=O) groups excluding carboxylic acids is 1. The second-order valence-corrected chi connectivity index (χ2v) is 3.85. The molecule has 0 atom stereocenters. The maximum atomic E-state index is 10.7. The first kappa shape index (κ1) is 8.38. The molecule has 0 aliphatic heterocycles. The summed E-state index contributed by atoms with van der Waals surface area (Å²) in [4.78, 5) is 15.8. The molecule has 0 N–H and O–H groups in total. The van der Waals surface area contributed by atoms with Gasteiger partial charge in [0.1, 0.15) is 0 Å². The highest BCUT2D eigenvalue weighted by molar-refractivity contribution is 7.20. The Balaban J connectivity index is 2.81. The zero-order valence-corrected chi connectivity index (χ0v) is 8.10. The predicted octanol–water partition coefficient (Wildman–Crippen LogP) is 2.67. The topological polar surface area (TPSA) is 30.0 Å². The molecule has 2 heterocycles. The highest BCUT2D eigenvalue weighted by atomic mass is 32.1. The summed E-state index contributed by atoms with van der Waals surface area (Å²) in [7, 11) is 0. The van der Waals surface area contributed by atoms with Crippen molar-refractivity contribution >= 4 is 27.8 Å². The van der Waals surface area contributed by atoms with E-state index in [9.17, 15) is 4.79 Å². The van der Waals surface area contributed by atoms with Crippen LogP contribution in [0.15, 0.2) is 18.3 Å². The Hall–Kier alpha value is -1.22. The van der Waals surface area contributed by atoms with Crippen LogP contribution in [-0.2, 0) is 6.42 Å². The third kappa shape index (κ3) is 1.25. The van der Waals surface area contributed by atoms with Crippen molar-refractivity contribution in [3.8, 4) is 0 Å².